The number of carbonyl (C=O) groups excluding carboxylic acids is 2. The van der Waals surface area contributed by atoms with E-state index in [2.05, 4.69) is 15.6 Å². The summed E-state index contributed by atoms with van der Waals surface area (Å²) in [7, 11) is 0. The minimum absolute atomic E-state index is 0.264. The fraction of sp³-hybridized carbons (Fsp3) is 0.312. The topological polar surface area (TPSA) is 80.3 Å². The maximum absolute atomic E-state index is 12.3. The van der Waals surface area contributed by atoms with E-state index in [1.807, 2.05) is 12.3 Å². The monoisotopic (exact) mass is 333 g/mol. The Hall–Kier alpha value is -2.41. The van der Waals surface area contributed by atoms with Gasteiger partial charge in [0.2, 0.25) is 5.91 Å². The predicted octanol–water partition coefficient (Wildman–Crippen LogP) is 1.98. The average Bonchev–Trinajstić information content (AvgIpc) is 3.06. The number of nitrogens with one attached hydrogen (secondary N) is 2. The molecule has 0 aliphatic heterocycles. The van der Waals surface area contributed by atoms with Gasteiger partial charge in [-0.25, -0.2) is 4.98 Å². The van der Waals surface area contributed by atoms with Crippen LogP contribution in [0.1, 0.15) is 29.9 Å². The first-order valence-electron chi connectivity index (χ1n) is 7.29. The second-order valence-electron chi connectivity index (χ2n) is 4.82. The standard InChI is InChI=1S/C16H19N3O3S/c1-3-22-14-7-5-4-6-13(14)16(21)19-11(2)15(20)17-8-12-9-23-10-18-12/h4-7,9-11H,3,8H2,1-2H3,(H,17,20)(H,19,21)/t11-/m1/s1. The molecule has 7 heteroatoms. The van der Waals surface area contributed by atoms with E-state index in [1.54, 1.807) is 36.7 Å². The first-order chi connectivity index (χ1) is 11.1. The summed E-state index contributed by atoms with van der Waals surface area (Å²) >= 11 is 1.47. The summed E-state index contributed by atoms with van der Waals surface area (Å²) < 4.78 is 5.43. The lowest BCUT2D eigenvalue weighted by Gasteiger charge is -2.15. The molecular weight excluding hydrogens is 314 g/mol. The van der Waals surface area contributed by atoms with Gasteiger partial charge >= 0.3 is 0 Å². The molecule has 0 spiro atoms. The van der Waals surface area contributed by atoms with Gasteiger partial charge in [-0.1, -0.05) is 12.1 Å². The Bertz CT molecular complexity index is 658. The molecule has 6 nitrogen and oxygen atoms in total. The van der Waals surface area contributed by atoms with E-state index in [-0.39, 0.29) is 11.8 Å². The van der Waals surface area contributed by atoms with Gasteiger partial charge in [-0.3, -0.25) is 9.59 Å². The Morgan fingerprint density at radius 1 is 1.35 bits per heavy atom. The molecule has 0 fully saturated rings. The van der Waals surface area contributed by atoms with Gasteiger partial charge in [0.05, 0.1) is 29.9 Å². The van der Waals surface area contributed by atoms with Crippen molar-refractivity contribution < 1.29 is 14.3 Å². The van der Waals surface area contributed by atoms with Crippen molar-refractivity contribution in [1.29, 1.82) is 0 Å². The molecule has 23 heavy (non-hydrogen) atoms. The molecule has 0 bridgehead atoms. The summed E-state index contributed by atoms with van der Waals surface area (Å²) in [6.07, 6.45) is 0. The number of hydrogen-bond donors (Lipinski definition) is 2. The molecule has 0 radical (unpaired) electrons. The zero-order valence-corrected chi connectivity index (χ0v) is 13.9. The fourth-order valence-corrected chi connectivity index (χ4v) is 2.49. The van der Waals surface area contributed by atoms with E-state index in [0.717, 1.165) is 5.69 Å². The highest BCUT2D eigenvalue weighted by atomic mass is 32.1. The lowest BCUT2D eigenvalue weighted by atomic mass is 10.1. The van der Waals surface area contributed by atoms with Crippen LogP contribution in [0.15, 0.2) is 35.2 Å². The van der Waals surface area contributed by atoms with Crippen LogP contribution in [0.5, 0.6) is 5.75 Å². The molecule has 2 amide bonds. The minimum Gasteiger partial charge on any atom is -0.493 e. The lowest BCUT2D eigenvalue weighted by molar-refractivity contribution is -0.122. The highest BCUT2D eigenvalue weighted by molar-refractivity contribution is 7.07. The van der Waals surface area contributed by atoms with Crippen molar-refractivity contribution in [2.24, 2.45) is 0 Å². The molecule has 1 heterocycles. The number of thiazole rings is 1. The first kappa shape index (κ1) is 17.0. The Balaban J connectivity index is 1.92. The van der Waals surface area contributed by atoms with Crippen LogP contribution in [0.2, 0.25) is 0 Å². The third-order valence-corrected chi connectivity index (χ3v) is 3.73. The molecule has 2 rings (SSSR count). The molecule has 1 atom stereocenters. The van der Waals surface area contributed by atoms with Gasteiger partial charge in [0, 0.05) is 5.38 Å². The first-order valence-corrected chi connectivity index (χ1v) is 8.23. The van der Waals surface area contributed by atoms with Gasteiger partial charge in [0.1, 0.15) is 11.8 Å². The van der Waals surface area contributed by atoms with Gasteiger partial charge in [-0.05, 0) is 26.0 Å². The zero-order valence-electron chi connectivity index (χ0n) is 13.0. The van der Waals surface area contributed by atoms with Crippen LogP contribution in [0.4, 0.5) is 0 Å². The number of benzene rings is 1. The quantitative estimate of drug-likeness (QED) is 0.812. The second-order valence-corrected chi connectivity index (χ2v) is 5.54. The normalized spacial score (nSPS) is 11.6. The van der Waals surface area contributed by atoms with Crippen molar-refractivity contribution in [2.75, 3.05) is 6.61 Å². The smallest absolute Gasteiger partial charge is 0.255 e. The molecule has 2 N–H and O–H groups in total. The molecule has 1 aromatic carbocycles. The number of amides is 2. The van der Waals surface area contributed by atoms with E-state index < -0.39 is 6.04 Å². The number of carbonyl (C=O) groups is 2. The molecule has 0 unspecified atom stereocenters. The number of para-hydroxylation sites is 1. The van der Waals surface area contributed by atoms with Crippen molar-refractivity contribution in [3.8, 4) is 5.75 Å². The molecule has 2 aromatic rings. The van der Waals surface area contributed by atoms with Crippen LogP contribution in [0.3, 0.4) is 0 Å². The van der Waals surface area contributed by atoms with E-state index in [0.29, 0.717) is 24.5 Å². The van der Waals surface area contributed by atoms with Crippen LogP contribution >= 0.6 is 11.3 Å². The van der Waals surface area contributed by atoms with Crippen molar-refractivity contribution in [1.82, 2.24) is 15.6 Å². The van der Waals surface area contributed by atoms with Gasteiger partial charge < -0.3 is 15.4 Å². The van der Waals surface area contributed by atoms with Crippen LogP contribution in [-0.4, -0.2) is 29.4 Å². The second kappa shape index (κ2) is 8.28. The highest BCUT2D eigenvalue weighted by Gasteiger charge is 2.18. The summed E-state index contributed by atoms with van der Waals surface area (Å²) in [4.78, 5) is 28.4. The number of aromatic nitrogens is 1. The maximum Gasteiger partial charge on any atom is 0.255 e. The van der Waals surface area contributed by atoms with Crippen molar-refractivity contribution in [3.05, 3.63) is 46.4 Å². The number of hydrogen-bond acceptors (Lipinski definition) is 5. The Morgan fingerprint density at radius 3 is 2.83 bits per heavy atom. The summed E-state index contributed by atoms with van der Waals surface area (Å²) in [6, 6.07) is 6.29. The molecular formula is C16H19N3O3S. The summed E-state index contributed by atoms with van der Waals surface area (Å²) in [5.74, 6) is -0.104. The van der Waals surface area contributed by atoms with Gasteiger partial charge in [-0.2, -0.15) is 0 Å². The van der Waals surface area contributed by atoms with Gasteiger partial charge in [0.15, 0.2) is 0 Å². The van der Waals surface area contributed by atoms with E-state index >= 15 is 0 Å². The predicted molar refractivity (Wildman–Crippen MR) is 88.5 cm³/mol. The van der Waals surface area contributed by atoms with Crippen LogP contribution < -0.4 is 15.4 Å². The SMILES string of the molecule is CCOc1ccccc1C(=O)N[C@H](C)C(=O)NCc1cscn1. The lowest BCUT2D eigenvalue weighted by Crippen LogP contribution is -2.44. The zero-order chi connectivity index (χ0) is 16.7. The Labute approximate surface area is 138 Å². The number of rotatable bonds is 7. The fourth-order valence-electron chi connectivity index (χ4n) is 1.93. The molecule has 0 aliphatic rings. The number of nitrogens with zero attached hydrogens (tertiary/aromatic N) is 1. The molecule has 0 saturated heterocycles. The van der Waals surface area contributed by atoms with E-state index in [1.165, 1.54) is 11.3 Å². The summed E-state index contributed by atoms with van der Waals surface area (Å²) in [6.45, 7) is 4.30. The van der Waals surface area contributed by atoms with Crippen molar-refractivity contribution >= 4 is 23.2 Å². The number of ether oxygens (including phenoxy) is 1. The van der Waals surface area contributed by atoms with E-state index in [4.69, 9.17) is 4.74 Å². The third kappa shape index (κ3) is 4.79. The van der Waals surface area contributed by atoms with Crippen molar-refractivity contribution in [2.45, 2.75) is 26.4 Å². The molecule has 1 aromatic heterocycles. The minimum atomic E-state index is -0.657. The Kier molecular flexibility index (Phi) is 6.10. The maximum atomic E-state index is 12.3. The van der Waals surface area contributed by atoms with Gasteiger partial charge in [-0.15, -0.1) is 11.3 Å². The van der Waals surface area contributed by atoms with Crippen LogP contribution in [0.25, 0.3) is 0 Å². The van der Waals surface area contributed by atoms with Crippen LogP contribution in [-0.2, 0) is 11.3 Å². The average molecular weight is 333 g/mol. The van der Waals surface area contributed by atoms with Gasteiger partial charge in [0.25, 0.3) is 5.91 Å². The summed E-state index contributed by atoms with van der Waals surface area (Å²) in [5, 5.41) is 7.28. The van der Waals surface area contributed by atoms with E-state index in [9.17, 15) is 9.59 Å². The van der Waals surface area contributed by atoms with Crippen LogP contribution in [0, 0.1) is 0 Å². The summed E-state index contributed by atoms with van der Waals surface area (Å²) in [5.41, 5.74) is 2.91. The Morgan fingerprint density at radius 2 is 2.13 bits per heavy atom. The highest BCUT2D eigenvalue weighted by Crippen LogP contribution is 2.17. The molecule has 122 valence electrons. The third-order valence-electron chi connectivity index (χ3n) is 3.10. The molecule has 0 saturated carbocycles. The van der Waals surface area contributed by atoms with Crippen molar-refractivity contribution in [3.63, 3.8) is 0 Å². The molecule has 0 aliphatic carbocycles. The largest absolute Gasteiger partial charge is 0.493 e.